The summed E-state index contributed by atoms with van der Waals surface area (Å²) < 4.78 is 4.51. The average Bonchev–Trinajstić information content (AvgIpc) is 2.50. The predicted octanol–water partition coefficient (Wildman–Crippen LogP) is 1.52. The highest BCUT2D eigenvalue weighted by atomic mass is 32.1. The zero-order valence-electron chi connectivity index (χ0n) is 5.96. The Morgan fingerprint density at radius 2 is 2.45 bits per heavy atom. The molecule has 0 radical (unpaired) electrons. The normalized spacial score (nSPS) is 8.73. The lowest BCUT2D eigenvalue weighted by atomic mass is 10.2. The molecule has 0 amide bonds. The van der Waals surface area contributed by atoms with E-state index in [-0.39, 0.29) is 5.97 Å². The number of hydrogen-bond acceptors (Lipinski definition) is 3. The van der Waals surface area contributed by atoms with Crippen LogP contribution in [0.3, 0.4) is 0 Å². The second-order valence-corrected chi connectivity index (χ2v) is 2.58. The first-order chi connectivity index (χ1) is 5.29. The smallest absolute Gasteiger partial charge is 0.339 e. The summed E-state index contributed by atoms with van der Waals surface area (Å²) in [5.41, 5.74) is 1.07. The number of rotatable bonds is 1. The molecule has 0 aliphatic heterocycles. The van der Waals surface area contributed by atoms with E-state index in [1.54, 1.807) is 10.8 Å². The molecule has 0 bridgehead atoms. The van der Waals surface area contributed by atoms with Gasteiger partial charge in [0.15, 0.2) is 0 Å². The molecule has 2 nitrogen and oxygen atoms in total. The van der Waals surface area contributed by atoms with E-state index in [2.05, 4.69) is 10.7 Å². The first-order valence-corrected chi connectivity index (χ1v) is 3.85. The minimum Gasteiger partial charge on any atom is -0.465 e. The highest BCUT2D eigenvalue weighted by Crippen LogP contribution is 2.14. The molecule has 0 saturated heterocycles. The molecule has 56 valence electrons. The molecule has 1 aromatic rings. The van der Waals surface area contributed by atoms with E-state index < -0.39 is 0 Å². The van der Waals surface area contributed by atoms with Crippen molar-refractivity contribution in [3.05, 3.63) is 21.9 Å². The lowest BCUT2D eigenvalue weighted by molar-refractivity contribution is 0.0601. The summed E-state index contributed by atoms with van der Waals surface area (Å²) in [4.78, 5) is 10.9. The molecule has 0 aliphatic carbocycles. The molecular weight excluding hydrogens is 160 g/mol. The number of methoxy groups -OCH3 is 1. The summed E-state index contributed by atoms with van der Waals surface area (Å²) in [6, 6.07) is 0. The van der Waals surface area contributed by atoms with Crippen LogP contribution in [0.4, 0.5) is 0 Å². The first-order valence-electron chi connectivity index (χ1n) is 2.90. The van der Waals surface area contributed by atoms with Crippen molar-refractivity contribution in [3.8, 4) is 12.3 Å². The predicted molar refractivity (Wildman–Crippen MR) is 43.6 cm³/mol. The zero-order valence-corrected chi connectivity index (χ0v) is 6.77. The van der Waals surface area contributed by atoms with Gasteiger partial charge in [0.25, 0.3) is 0 Å². The van der Waals surface area contributed by atoms with Crippen molar-refractivity contribution >= 4 is 17.3 Å². The fourth-order valence-electron chi connectivity index (χ4n) is 0.677. The maximum absolute atomic E-state index is 10.9. The molecule has 0 aromatic carbocycles. The van der Waals surface area contributed by atoms with Crippen LogP contribution in [-0.2, 0) is 4.74 Å². The third-order valence-electron chi connectivity index (χ3n) is 1.22. The Balaban J connectivity index is 3.05. The molecule has 0 unspecified atom stereocenters. The molecule has 1 rings (SSSR count). The largest absolute Gasteiger partial charge is 0.465 e. The van der Waals surface area contributed by atoms with Crippen LogP contribution in [0.2, 0.25) is 0 Å². The van der Waals surface area contributed by atoms with Gasteiger partial charge in [0.1, 0.15) is 0 Å². The van der Waals surface area contributed by atoms with Crippen LogP contribution >= 0.6 is 11.3 Å². The standard InChI is InChI=1S/C8H6O2S/c1-3-6-4-11-5-7(6)8(9)10-2/h1,4-5H,2H3. The summed E-state index contributed by atoms with van der Waals surface area (Å²) in [5.74, 6) is 2.02. The summed E-state index contributed by atoms with van der Waals surface area (Å²) in [6.45, 7) is 0. The van der Waals surface area contributed by atoms with Crippen molar-refractivity contribution in [1.29, 1.82) is 0 Å². The molecule has 0 aliphatic rings. The molecule has 0 spiro atoms. The number of hydrogen-bond donors (Lipinski definition) is 0. The topological polar surface area (TPSA) is 26.3 Å². The highest BCUT2D eigenvalue weighted by Gasteiger charge is 2.10. The Kier molecular flexibility index (Phi) is 2.29. The highest BCUT2D eigenvalue weighted by molar-refractivity contribution is 7.08. The van der Waals surface area contributed by atoms with Crippen molar-refractivity contribution in [2.45, 2.75) is 0 Å². The zero-order chi connectivity index (χ0) is 8.27. The second-order valence-electron chi connectivity index (χ2n) is 1.84. The van der Waals surface area contributed by atoms with Gasteiger partial charge in [0, 0.05) is 16.3 Å². The third-order valence-corrected chi connectivity index (χ3v) is 1.97. The molecule has 1 aromatic heterocycles. The van der Waals surface area contributed by atoms with Crippen LogP contribution in [0.1, 0.15) is 15.9 Å². The second kappa shape index (κ2) is 3.22. The Bertz CT molecular complexity index is 306. The van der Waals surface area contributed by atoms with E-state index in [1.165, 1.54) is 18.4 Å². The van der Waals surface area contributed by atoms with Gasteiger partial charge in [-0.1, -0.05) is 5.92 Å². The van der Waals surface area contributed by atoms with E-state index in [1.807, 2.05) is 0 Å². The van der Waals surface area contributed by atoms with E-state index in [9.17, 15) is 4.79 Å². The molecule has 0 fully saturated rings. The fourth-order valence-corrected chi connectivity index (χ4v) is 1.44. The van der Waals surface area contributed by atoms with Crippen molar-refractivity contribution in [2.24, 2.45) is 0 Å². The first kappa shape index (κ1) is 7.83. The summed E-state index contributed by atoms with van der Waals surface area (Å²) in [5, 5.41) is 3.42. The quantitative estimate of drug-likeness (QED) is 0.467. The van der Waals surface area contributed by atoms with E-state index in [4.69, 9.17) is 6.42 Å². The van der Waals surface area contributed by atoms with Crippen LogP contribution in [0.5, 0.6) is 0 Å². The molecule has 0 saturated carbocycles. The van der Waals surface area contributed by atoms with Gasteiger partial charge in [-0.25, -0.2) is 4.79 Å². The third kappa shape index (κ3) is 1.41. The Morgan fingerprint density at radius 3 is 3.00 bits per heavy atom. The van der Waals surface area contributed by atoms with Crippen molar-refractivity contribution in [1.82, 2.24) is 0 Å². The number of carbonyl (C=O) groups excluding carboxylic acids is 1. The molecule has 11 heavy (non-hydrogen) atoms. The Hall–Kier alpha value is -1.27. The van der Waals surface area contributed by atoms with Gasteiger partial charge in [-0.05, 0) is 0 Å². The number of thiophene rings is 1. The van der Waals surface area contributed by atoms with Crippen molar-refractivity contribution in [3.63, 3.8) is 0 Å². The maximum atomic E-state index is 10.9. The van der Waals surface area contributed by atoms with Crippen LogP contribution in [0, 0.1) is 12.3 Å². The van der Waals surface area contributed by atoms with Crippen molar-refractivity contribution in [2.75, 3.05) is 7.11 Å². The van der Waals surface area contributed by atoms with E-state index in [0.717, 1.165) is 0 Å². The van der Waals surface area contributed by atoms with Crippen LogP contribution in [0.25, 0.3) is 0 Å². The number of carbonyl (C=O) groups is 1. The van der Waals surface area contributed by atoms with Gasteiger partial charge in [-0.15, -0.1) is 6.42 Å². The monoisotopic (exact) mass is 166 g/mol. The van der Waals surface area contributed by atoms with Crippen LogP contribution < -0.4 is 0 Å². The lowest BCUT2D eigenvalue weighted by Crippen LogP contribution is -2.00. The molecule has 0 atom stereocenters. The minimum absolute atomic E-state index is 0.376. The lowest BCUT2D eigenvalue weighted by Gasteiger charge is -1.94. The van der Waals surface area contributed by atoms with Gasteiger partial charge in [0.05, 0.1) is 12.7 Å². The number of terminal acetylenes is 1. The summed E-state index contributed by atoms with van der Waals surface area (Å²) in [7, 11) is 1.33. The van der Waals surface area contributed by atoms with Gasteiger partial charge in [0.2, 0.25) is 0 Å². The van der Waals surface area contributed by atoms with E-state index >= 15 is 0 Å². The molecule has 1 heterocycles. The summed E-state index contributed by atoms with van der Waals surface area (Å²) >= 11 is 1.39. The van der Waals surface area contributed by atoms with Crippen LogP contribution in [0.15, 0.2) is 10.8 Å². The number of esters is 1. The van der Waals surface area contributed by atoms with Gasteiger partial charge >= 0.3 is 5.97 Å². The minimum atomic E-state index is -0.376. The Morgan fingerprint density at radius 1 is 1.73 bits per heavy atom. The molecular formula is C8H6O2S. The van der Waals surface area contributed by atoms with E-state index in [0.29, 0.717) is 11.1 Å². The van der Waals surface area contributed by atoms with Crippen molar-refractivity contribution < 1.29 is 9.53 Å². The Labute approximate surface area is 68.8 Å². The van der Waals surface area contributed by atoms with Gasteiger partial charge in [-0.3, -0.25) is 0 Å². The van der Waals surface area contributed by atoms with Gasteiger partial charge < -0.3 is 4.74 Å². The summed E-state index contributed by atoms with van der Waals surface area (Å²) in [6.07, 6.45) is 5.14. The fraction of sp³-hybridized carbons (Fsp3) is 0.125. The van der Waals surface area contributed by atoms with Gasteiger partial charge in [-0.2, -0.15) is 11.3 Å². The molecule has 0 N–H and O–H groups in total. The molecule has 3 heteroatoms. The SMILES string of the molecule is C#Cc1cscc1C(=O)OC. The average molecular weight is 166 g/mol. The maximum Gasteiger partial charge on any atom is 0.339 e. The van der Waals surface area contributed by atoms with Crippen LogP contribution in [-0.4, -0.2) is 13.1 Å². The number of ether oxygens (including phenoxy) is 1.